The SMILES string of the molecule is c1ccc(-n2c(-c3ccc(-c4cccc5c4oc4ccccc45)cc3-c3ccc4ccccc4c3)nc3ccccc32)cc1. The lowest BCUT2D eigenvalue weighted by Gasteiger charge is -2.16. The zero-order chi connectivity index (χ0) is 29.0. The van der Waals surface area contributed by atoms with Gasteiger partial charge in [0.2, 0.25) is 0 Å². The number of imidazole rings is 1. The van der Waals surface area contributed by atoms with Crippen molar-refractivity contribution in [2.24, 2.45) is 0 Å². The van der Waals surface area contributed by atoms with E-state index in [-0.39, 0.29) is 0 Å². The zero-order valence-electron chi connectivity index (χ0n) is 23.8. The Morgan fingerprint density at radius 1 is 0.477 bits per heavy atom. The van der Waals surface area contributed by atoms with Crippen molar-refractivity contribution in [2.75, 3.05) is 0 Å². The lowest BCUT2D eigenvalue weighted by molar-refractivity contribution is 0.670. The van der Waals surface area contributed by atoms with Gasteiger partial charge in [-0.15, -0.1) is 0 Å². The summed E-state index contributed by atoms with van der Waals surface area (Å²) in [4.78, 5) is 5.23. The van der Waals surface area contributed by atoms with Crippen LogP contribution in [0.25, 0.3) is 83.1 Å². The van der Waals surface area contributed by atoms with Crippen molar-refractivity contribution in [1.29, 1.82) is 0 Å². The highest BCUT2D eigenvalue weighted by atomic mass is 16.3. The Hall–Kier alpha value is -5.93. The first-order valence-electron chi connectivity index (χ1n) is 14.9. The van der Waals surface area contributed by atoms with Gasteiger partial charge in [-0.2, -0.15) is 0 Å². The molecule has 9 aromatic rings. The van der Waals surface area contributed by atoms with E-state index in [1.54, 1.807) is 0 Å². The predicted octanol–water partition coefficient (Wildman–Crippen LogP) is 11.1. The first-order valence-corrected chi connectivity index (χ1v) is 14.9. The molecule has 206 valence electrons. The third-order valence-electron chi connectivity index (χ3n) is 8.61. The minimum Gasteiger partial charge on any atom is -0.455 e. The van der Waals surface area contributed by atoms with E-state index in [1.807, 2.05) is 12.1 Å². The molecule has 0 saturated heterocycles. The van der Waals surface area contributed by atoms with Crippen molar-refractivity contribution < 1.29 is 4.42 Å². The highest BCUT2D eigenvalue weighted by molar-refractivity contribution is 6.10. The van der Waals surface area contributed by atoms with Crippen LogP contribution in [-0.2, 0) is 0 Å². The summed E-state index contributed by atoms with van der Waals surface area (Å²) in [6, 6.07) is 55.5. The smallest absolute Gasteiger partial charge is 0.146 e. The summed E-state index contributed by atoms with van der Waals surface area (Å²) in [6.07, 6.45) is 0. The van der Waals surface area contributed by atoms with Crippen LogP contribution in [0.5, 0.6) is 0 Å². The normalized spacial score (nSPS) is 11.6. The molecule has 3 heteroatoms. The number of nitrogens with zero attached hydrogens (tertiary/aromatic N) is 2. The van der Waals surface area contributed by atoms with E-state index in [2.05, 4.69) is 150 Å². The molecule has 0 saturated carbocycles. The van der Waals surface area contributed by atoms with Crippen LogP contribution in [0.4, 0.5) is 0 Å². The summed E-state index contributed by atoms with van der Waals surface area (Å²) >= 11 is 0. The fourth-order valence-corrected chi connectivity index (χ4v) is 6.52. The second kappa shape index (κ2) is 9.82. The van der Waals surface area contributed by atoms with Crippen LogP contribution in [0.1, 0.15) is 0 Å². The van der Waals surface area contributed by atoms with Crippen LogP contribution < -0.4 is 0 Å². The highest BCUT2D eigenvalue weighted by Gasteiger charge is 2.20. The molecular weight excluding hydrogens is 536 g/mol. The molecule has 0 atom stereocenters. The molecule has 0 aliphatic heterocycles. The Morgan fingerprint density at radius 3 is 2.14 bits per heavy atom. The van der Waals surface area contributed by atoms with Crippen LogP contribution >= 0.6 is 0 Å². The van der Waals surface area contributed by atoms with Gasteiger partial charge in [-0.1, -0.05) is 109 Å². The van der Waals surface area contributed by atoms with Crippen molar-refractivity contribution in [2.45, 2.75) is 0 Å². The molecule has 0 N–H and O–H groups in total. The monoisotopic (exact) mass is 562 g/mol. The molecular formula is C41H26N2O. The van der Waals surface area contributed by atoms with Gasteiger partial charge in [0.1, 0.15) is 17.0 Å². The van der Waals surface area contributed by atoms with Gasteiger partial charge >= 0.3 is 0 Å². The molecule has 0 radical (unpaired) electrons. The number of para-hydroxylation sites is 5. The van der Waals surface area contributed by atoms with Gasteiger partial charge in [0.15, 0.2) is 0 Å². The van der Waals surface area contributed by atoms with Crippen LogP contribution in [0.15, 0.2) is 162 Å². The van der Waals surface area contributed by atoms with Crippen molar-refractivity contribution in [1.82, 2.24) is 9.55 Å². The summed E-state index contributed by atoms with van der Waals surface area (Å²) in [5.74, 6) is 0.911. The Bertz CT molecular complexity index is 2500. The van der Waals surface area contributed by atoms with Crippen molar-refractivity contribution in [3.63, 3.8) is 0 Å². The number of aromatic nitrogens is 2. The maximum Gasteiger partial charge on any atom is 0.146 e. The number of furan rings is 1. The van der Waals surface area contributed by atoms with Crippen LogP contribution in [0, 0.1) is 0 Å². The van der Waals surface area contributed by atoms with Gasteiger partial charge in [0.05, 0.1) is 11.0 Å². The van der Waals surface area contributed by atoms with Gasteiger partial charge in [-0.3, -0.25) is 4.57 Å². The standard InChI is InChI=1S/C41H26N2O/c1-2-13-31(14-3-1)43-38-19-8-7-18-37(38)42-41(43)35-24-23-30(26-36(35)29-22-21-27-11-4-5-12-28(27)25-29)32-16-10-17-34-33-15-6-9-20-39(33)44-40(32)34/h1-26H. The van der Waals surface area contributed by atoms with Gasteiger partial charge in [-0.05, 0) is 76.0 Å². The summed E-state index contributed by atoms with van der Waals surface area (Å²) in [5, 5.41) is 4.68. The number of benzene rings is 7. The minimum atomic E-state index is 0.901. The maximum absolute atomic E-state index is 6.46. The Balaban J connectivity index is 1.34. The first kappa shape index (κ1) is 24.6. The van der Waals surface area contributed by atoms with Gasteiger partial charge in [0.25, 0.3) is 0 Å². The van der Waals surface area contributed by atoms with Crippen molar-refractivity contribution in [3.8, 4) is 39.3 Å². The van der Waals surface area contributed by atoms with Gasteiger partial charge in [0, 0.05) is 27.6 Å². The van der Waals surface area contributed by atoms with E-state index in [9.17, 15) is 0 Å². The van der Waals surface area contributed by atoms with E-state index in [4.69, 9.17) is 9.40 Å². The molecule has 0 spiro atoms. The van der Waals surface area contributed by atoms with Gasteiger partial charge < -0.3 is 4.42 Å². The number of fused-ring (bicyclic) bond motifs is 5. The van der Waals surface area contributed by atoms with Crippen LogP contribution in [0.3, 0.4) is 0 Å². The molecule has 2 aromatic heterocycles. The second-order valence-corrected chi connectivity index (χ2v) is 11.2. The van der Waals surface area contributed by atoms with E-state index in [0.717, 1.165) is 72.3 Å². The number of hydrogen-bond donors (Lipinski definition) is 0. The molecule has 0 fully saturated rings. The summed E-state index contributed by atoms with van der Waals surface area (Å²) in [7, 11) is 0. The topological polar surface area (TPSA) is 31.0 Å². The Labute approximate surface area is 254 Å². The largest absolute Gasteiger partial charge is 0.455 e. The van der Waals surface area contributed by atoms with Crippen LogP contribution in [0.2, 0.25) is 0 Å². The number of hydrogen-bond acceptors (Lipinski definition) is 2. The summed E-state index contributed by atoms with van der Waals surface area (Å²) < 4.78 is 8.73. The predicted molar refractivity (Wildman–Crippen MR) is 182 cm³/mol. The number of rotatable bonds is 4. The van der Waals surface area contributed by atoms with Gasteiger partial charge in [-0.25, -0.2) is 4.98 Å². The molecule has 0 unspecified atom stereocenters. The third kappa shape index (κ3) is 3.87. The highest BCUT2D eigenvalue weighted by Crippen LogP contribution is 2.41. The molecule has 2 heterocycles. The molecule has 0 bridgehead atoms. The lowest BCUT2D eigenvalue weighted by atomic mass is 9.92. The average molecular weight is 563 g/mol. The van der Waals surface area contributed by atoms with E-state index >= 15 is 0 Å². The fourth-order valence-electron chi connectivity index (χ4n) is 6.52. The third-order valence-corrected chi connectivity index (χ3v) is 8.61. The molecule has 9 rings (SSSR count). The Morgan fingerprint density at radius 2 is 1.20 bits per heavy atom. The zero-order valence-corrected chi connectivity index (χ0v) is 23.8. The molecule has 0 aliphatic carbocycles. The van der Waals surface area contributed by atoms with Crippen molar-refractivity contribution in [3.05, 3.63) is 158 Å². The molecule has 7 aromatic carbocycles. The lowest BCUT2D eigenvalue weighted by Crippen LogP contribution is -1.99. The fraction of sp³-hybridized carbons (Fsp3) is 0. The van der Waals surface area contributed by atoms with E-state index in [0.29, 0.717) is 0 Å². The summed E-state index contributed by atoms with van der Waals surface area (Å²) in [6.45, 7) is 0. The maximum atomic E-state index is 6.46. The van der Waals surface area contributed by atoms with Crippen LogP contribution in [-0.4, -0.2) is 9.55 Å². The Kier molecular flexibility index (Phi) is 5.50. The first-order chi connectivity index (χ1) is 21.8. The van der Waals surface area contributed by atoms with E-state index in [1.165, 1.54) is 10.8 Å². The second-order valence-electron chi connectivity index (χ2n) is 11.2. The molecule has 0 aliphatic rings. The molecule has 0 amide bonds. The quantitative estimate of drug-likeness (QED) is 0.214. The molecule has 3 nitrogen and oxygen atoms in total. The molecule has 44 heavy (non-hydrogen) atoms. The van der Waals surface area contributed by atoms with E-state index < -0.39 is 0 Å². The summed E-state index contributed by atoms with van der Waals surface area (Å²) in [5.41, 5.74) is 10.4. The average Bonchev–Trinajstić information content (AvgIpc) is 3.67. The van der Waals surface area contributed by atoms with Crippen molar-refractivity contribution >= 4 is 43.7 Å². The minimum absolute atomic E-state index is 0.901.